The van der Waals surface area contributed by atoms with Gasteiger partial charge in [0.2, 0.25) is 0 Å². The van der Waals surface area contributed by atoms with E-state index in [2.05, 4.69) is 0 Å². The number of hydrogen-bond acceptors (Lipinski definition) is 6. The maximum Gasteiger partial charge on any atom is 0.314 e. The maximum absolute atomic E-state index is 13.0. The molecule has 0 spiro atoms. The molecule has 30 heavy (non-hydrogen) atoms. The van der Waals surface area contributed by atoms with Crippen LogP contribution in [0.4, 0.5) is 0 Å². The SMILES string of the molecule is O=C(Oc1ccc2c(=O)c(-c3ccc4c(c3)OCCO4)coc2c1)C1CCCCC1. The molecule has 1 aliphatic heterocycles. The van der Waals surface area contributed by atoms with Crippen molar-refractivity contribution in [2.24, 2.45) is 5.92 Å². The topological polar surface area (TPSA) is 75.0 Å². The van der Waals surface area contributed by atoms with Gasteiger partial charge in [-0.15, -0.1) is 0 Å². The Kier molecular flexibility index (Phi) is 4.91. The molecule has 0 unspecified atom stereocenters. The summed E-state index contributed by atoms with van der Waals surface area (Å²) < 4.78 is 22.4. The molecule has 6 nitrogen and oxygen atoms in total. The predicted octanol–water partition coefficient (Wildman–Crippen LogP) is 4.72. The summed E-state index contributed by atoms with van der Waals surface area (Å²) in [6.07, 6.45) is 6.49. The predicted molar refractivity (Wildman–Crippen MR) is 111 cm³/mol. The average molecular weight is 406 g/mol. The second-order valence-electron chi connectivity index (χ2n) is 7.75. The van der Waals surface area contributed by atoms with Crippen LogP contribution >= 0.6 is 0 Å². The Morgan fingerprint density at radius 2 is 1.73 bits per heavy atom. The van der Waals surface area contributed by atoms with Gasteiger partial charge in [-0.05, 0) is 42.7 Å². The number of benzene rings is 2. The Morgan fingerprint density at radius 1 is 0.933 bits per heavy atom. The summed E-state index contributed by atoms with van der Waals surface area (Å²) in [5.41, 5.74) is 1.36. The van der Waals surface area contributed by atoms with E-state index >= 15 is 0 Å². The van der Waals surface area contributed by atoms with Crippen molar-refractivity contribution < 1.29 is 23.4 Å². The van der Waals surface area contributed by atoms with Crippen molar-refractivity contribution in [1.82, 2.24) is 0 Å². The van der Waals surface area contributed by atoms with Gasteiger partial charge in [0.1, 0.15) is 30.8 Å². The minimum absolute atomic E-state index is 0.0426. The van der Waals surface area contributed by atoms with Gasteiger partial charge in [0, 0.05) is 6.07 Å². The fraction of sp³-hybridized carbons (Fsp3) is 0.333. The average Bonchev–Trinajstić information content (AvgIpc) is 2.79. The number of fused-ring (bicyclic) bond motifs is 2. The van der Waals surface area contributed by atoms with Crippen LogP contribution in [0.2, 0.25) is 0 Å². The standard InChI is InChI=1S/C24H22O6/c25-23-18-8-7-17(30-24(26)15-4-2-1-3-5-15)13-21(18)29-14-19(23)16-6-9-20-22(12-16)28-11-10-27-20/h6-9,12-15H,1-5,10-11H2. The van der Waals surface area contributed by atoms with Crippen molar-refractivity contribution in [3.63, 3.8) is 0 Å². The molecule has 2 aliphatic rings. The minimum atomic E-state index is -0.204. The van der Waals surface area contributed by atoms with Crippen molar-refractivity contribution in [1.29, 1.82) is 0 Å². The molecular weight excluding hydrogens is 384 g/mol. The zero-order valence-corrected chi connectivity index (χ0v) is 16.5. The van der Waals surface area contributed by atoms with E-state index in [1.807, 2.05) is 6.07 Å². The van der Waals surface area contributed by atoms with E-state index in [4.69, 9.17) is 18.6 Å². The highest BCUT2D eigenvalue weighted by molar-refractivity contribution is 5.84. The third-order valence-corrected chi connectivity index (χ3v) is 5.76. The van der Waals surface area contributed by atoms with Gasteiger partial charge >= 0.3 is 5.97 Å². The van der Waals surface area contributed by atoms with Crippen LogP contribution in [0.15, 0.2) is 51.9 Å². The molecule has 1 aromatic heterocycles. The Morgan fingerprint density at radius 3 is 2.57 bits per heavy atom. The Bertz CT molecular complexity index is 1160. The molecule has 0 amide bonds. The number of esters is 1. The molecule has 6 heteroatoms. The molecule has 3 aromatic rings. The van der Waals surface area contributed by atoms with Gasteiger partial charge in [-0.2, -0.15) is 0 Å². The summed E-state index contributed by atoms with van der Waals surface area (Å²) in [5, 5.41) is 0.430. The molecule has 0 radical (unpaired) electrons. The summed E-state index contributed by atoms with van der Waals surface area (Å²) in [4.78, 5) is 25.4. The summed E-state index contributed by atoms with van der Waals surface area (Å²) >= 11 is 0. The van der Waals surface area contributed by atoms with Crippen LogP contribution in [0.5, 0.6) is 17.2 Å². The zero-order chi connectivity index (χ0) is 20.5. The van der Waals surface area contributed by atoms with Gasteiger partial charge in [-0.1, -0.05) is 25.3 Å². The largest absolute Gasteiger partial charge is 0.486 e. The van der Waals surface area contributed by atoms with E-state index in [-0.39, 0.29) is 17.3 Å². The highest BCUT2D eigenvalue weighted by Gasteiger charge is 2.23. The molecule has 1 aliphatic carbocycles. The van der Waals surface area contributed by atoms with Gasteiger partial charge < -0.3 is 18.6 Å². The van der Waals surface area contributed by atoms with Gasteiger partial charge in [0.15, 0.2) is 16.9 Å². The van der Waals surface area contributed by atoms with E-state index in [0.717, 1.165) is 25.7 Å². The maximum atomic E-state index is 13.0. The first-order valence-electron chi connectivity index (χ1n) is 10.4. The highest BCUT2D eigenvalue weighted by atomic mass is 16.6. The van der Waals surface area contributed by atoms with Gasteiger partial charge in [0.05, 0.1) is 16.9 Å². The zero-order valence-electron chi connectivity index (χ0n) is 16.5. The number of hydrogen-bond donors (Lipinski definition) is 0. The summed E-state index contributed by atoms with van der Waals surface area (Å²) in [5.74, 6) is 1.43. The lowest BCUT2D eigenvalue weighted by molar-refractivity contribution is -0.139. The fourth-order valence-corrected chi connectivity index (χ4v) is 4.12. The molecule has 2 heterocycles. The van der Waals surface area contributed by atoms with E-state index in [1.54, 1.807) is 30.3 Å². The van der Waals surface area contributed by atoms with Crippen molar-refractivity contribution in [2.75, 3.05) is 13.2 Å². The van der Waals surface area contributed by atoms with Crippen molar-refractivity contribution in [2.45, 2.75) is 32.1 Å². The molecule has 1 fully saturated rings. The van der Waals surface area contributed by atoms with E-state index in [1.165, 1.54) is 12.7 Å². The van der Waals surface area contributed by atoms with Crippen LogP contribution < -0.4 is 19.6 Å². The van der Waals surface area contributed by atoms with Crippen LogP contribution in [-0.4, -0.2) is 19.2 Å². The highest BCUT2D eigenvalue weighted by Crippen LogP contribution is 2.34. The number of carbonyl (C=O) groups excluding carboxylic acids is 1. The molecule has 0 bridgehead atoms. The first kappa shape index (κ1) is 18.7. The van der Waals surface area contributed by atoms with Crippen LogP contribution in [0.3, 0.4) is 0 Å². The second kappa shape index (κ2) is 7.86. The summed E-state index contributed by atoms with van der Waals surface area (Å²) in [6.45, 7) is 0.989. The van der Waals surface area contributed by atoms with Crippen LogP contribution in [0.1, 0.15) is 32.1 Å². The first-order valence-corrected chi connectivity index (χ1v) is 10.4. The number of carbonyl (C=O) groups is 1. The lowest BCUT2D eigenvalue weighted by Gasteiger charge is -2.19. The summed E-state index contributed by atoms with van der Waals surface area (Å²) in [7, 11) is 0. The Labute approximate surface area is 173 Å². The fourth-order valence-electron chi connectivity index (χ4n) is 4.12. The minimum Gasteiger partial charge on any atom is -0.486 e. The number of rotatable bonds is 3. The monoisotopic (exact) mass is 406 g/mol. The molecule has 1 saturated carbocycles. The quantitative estimate of drug-likeness (QED) is 0.463. The normalized spacial score (nSPS) is 16.4. The lowest BCUT2D eigenvalue weighted by atomic mass is 9.89. The second-order valence-corrected chi connectivity index (χ2v) is 7.75. The van der Waals surface area contributed by atoms with Crippen molar-refractivity contribution >= 4 is 16.9 Å². The van der Waals surface area contributed by atoms with Crippen molar-refractivity contribution in [3.8, 4) is 28.4 Å². The van der Waals surface area contributed by atoms with Gasteiger partial charge in [-0.25, -0.2) is 0 Å². The first-order chi connectivity index (χ1) is 14.7. The van der Waals surface area contributed by atoms with E-state index in [0.29, 0.717) is 52.6 Å². The van der Waals surface area contributed by atoms with E-state index < -0.39 is 0 Å². The molecule has 154 valence electrons. The summed E-state index contributed by atoms with van der Waals surface area (Å²) in [6, 6.07) is 10.3. The van der Waals surface area contributed by atoms with E-state index in [9.17, 15) is 9.59 Å². The Hall–Kier alpha value is -3.28. The molecule has 2 aromatic carbocycles. The van der Waals surface area contributed by atoms with Crippen molar-refractivity contribution in [3.05, 3.63) is 52.9 Å². The van der Waals surface area contributed by atoms with Gasteiger partial charge in [0.25, 0.3) is 0 Å². The molecular formula is C24H22O6. The third-order valence-electron chi connectivity index (χ3n) is 5.76. The third kappa shape index (κ3) is 3.54. The Balaban J connectivity index is 1.43. The molecule has 5 rings (SSSR count). The van der Waals surface area contributed by atoms with Crippen LogP contribution in [0, 0.1) is 5.92 Å². The van der Waals surface area contributed by atoms with Gasteiger partial charge in [-0.3, -0.25) is 9.59 Å². The van der Waals surface area contributed by atoms with Crippen LogP contribution in [0.25, 0.3) is 22.1 Å². The smallest absolute Gasteiger partial charge is 0.314 e. The number of ether oxygens (including phenoxy) is 3. The molecule has 0 atom stereocenters. The van der Waals surface area contributed by atoms with Crippen LogP contribution in [-0.2, 0) is 4.79 Å². The lowest BCUT2D eigenvalue weighted by Crippen LogP contribution is -2.22. The molecule has 0 N–H and O–H groups in total. The molecule has 0 saturated heterocycles.